The lowest BCUT2D eigenvalue weighted by atomic mass is 10.1. The van der Waals surface area contributed by atoms with E-state index in [0.717, 1.165) is 24.3 Å². The van der Waals surface area contributed by atoms with Gasteiger partial charge in [-0.1, -0.05) is 36.4 Å². The van der Waals surface area contributed by atoms with Gasteiger partial charge >= 0.3 is 11.3 Å². The summed E-state index contributed by atoms with van der Waals surface area (Å²) >= 11 is 6.96. The number of hydrogen-bond donors (Lipinski definition) is 1. The van der Waals surface area contributed by atoms with Gasteiger partial charge in [-0.25, -0.2) is 23.2 Å². The van der Waals surface area contributed by atoms with Crippen molar-refractivity contribution in [3.63, 3.8) is 0 Å². The lowest BCUT2D eigenvalue weighted by molar-refractivity contribution is -0.184. The normalized spacial score (nSPS) is 21.8. The lowest BCUT2D eigenvalue weighted by Crippen LogP contribution is -2.43. The van der Waals surface area contributed by atoms with Crippen molar-refractivity contribution in [2.24, 2.45) is 0 Å². The Morgan fingerprint density at radius 1 is 1.12 bits per heavy atom. The van der Waals surface area contributed by atoms with Crippen molar-refractivity contribution in [2.75, 3.05) is 31.9 Å². The molecule has 4 aromatic rings. The van der Waals surface area contributed by atoms with Crippen LogP contribution in [0.25, 0.3) is 11.0 Å². The molecule has 2 aromatic carbocycles. The standard InChI is InChI=1S/C32H33F2N5O7S2/c1-4-12-48-25-15-22-26(29(35-25)36-31(40)45-24-14-19(24)17-10-11-20(33)21(34)13-17)37-38-39(22)23-16-43-28(30(41-2)42-3)27(23)46-32(47)44-18-8-6-5-7-9-18/h5-11,13,15,19,23-24,27-28,30H,4,12,14,16H2,1-3H3,(H,35,36,40)/t19-,23-,24+,27+,28+/m0/s1. The van der Waals surface area contributed by atoms with Crippen molar-refractivity contribution in [1.82, 2.24) is 20.0 Å². The number of thioether (sulfide) groups is 1. The number of nitrogens with one attached hydrogen (secondary N) is 1. The van der Waals surface area contributed by atoms with Gasteiger partial charge in [0, 0.05) is 32.4 Å². The van der Waals surface area contributed by atoms with Crippen molar-refractivity contribution in [2.45, 2.75) is 61.4 Å². The number of fused-ring (bicyclic) bond motifs is 1. The highest BCUT2D eigenvalue weighted by molar-refractivity contribution is 7.99. The molecule has 0 unspecified atom stereocenters. The fourth-order valence-corrected chi connectivity index (χ4v) is 6.45. The molecule has 12 nitrogen and oxygen atoms in total. The Morgan fingerprint density at radius 2 is 1.92 bits per heavy atom. The molecule has 48 heavy (non-hydrogen) atoms. The number of carbonyl (C=O) groups excluding carboxylic acids is 1. The minimum atomic E-state index is -0.948. The second-order valence-corrected chi connectivity index (χ2v) is 12.5. The minimum absolute atomic E-state index is 0.130. The number of thiocarbonyl (C=S) groups is 1. The maximum atomic E-state index is 13.7. The Hall–Kier alpha value is -3.96. The summed E-state index contributed by atoms with van der Waals surface area (Å²) in [6.07, 6.45) is -2.18. The van der Waals surface area contributed by atoms with Crippen LogP contribution in [0.4, 0.5) is 19.4 Å². The first-order valence-electron chi connectivity index (χ1n) is 15.2. The predicted molar refractivity (Wildman–Crippen MR) is 175 cm³/mol. The number of para-hydroxylation sites is 1. The number of carbonyl (C=O) groups is 1. The smallest absolute Gasteiger partial charge is 0.413 e. The Kier molecular flexibility index (Phi) is 10.7. The molecule has 1 saturated heterocycles. The van der Waals surface area contributed by atoms with Gasteiger partial charge in [0.25, 0.3) is 0 Å². The van der Waals surface area contributed by atoms with Crippen molar-refractivity contribution in [3.05, 3.63) is 71.8 Å². The van der Waals surface area contributed by atoms with Crippen molar-refractivity contribution < 1.29 is 42.0 Å². The first-order chi connectivity index (χ1) is 23.3. The Balaban J connectivity index is 1.25. The van der Waals surface area contributed by atoms with Gasteiger partial charge in [0.2, 0.25) is 0 Å². The largest absolute Gasteiger partial charge is 0.448 e. The lowest BCUT2D eigenvalue weighted by Gasteiger charge is -2.28. The van der Waals surface area contributed by atoms with Crippen LogP contribution in [-0.4, -0.2) is 82.5 Å². The Labute approximate surface area is 284 Å². The van der Waals surface area contributed by atoms with Crippen molar-refractivity contribution >= 4 is 52.2 Å². The van der Waals surface area contributed by atoms with Gasteiger partial charge in [0.1, 0.15) is 29.0 Å². The first-order valence-corrected chi connectivity index (χ1v) is 16.6. The highest BCUT2D eigenvalue weighted by Gasteiger charge is 2.47. The van der Waals surface area contributed by atoms with Crippen molar-refractivity contribution in [1.29, 1.82) is 0 Å². The number of pyridine rings is 1. The topological polar surface area (TPSA) is 128 Å². The zero-order valence-corrected chi connectivity index (χ0v) is 27.8. The molecule has 0 radical (unpaired) electrons. The summed E-state index contributed by atoms with van der Waals surface area (Å²) in [5, 5.41) is 12.0. The number of ether oxygens (including phenoxy) is 6. The van der Waals surface area contributed by atoms with Crippen LogP contribution in [0.2, 0.25) is 0 Å². The molecule has 1 N–H and O–H groups in total. The van der Waals surface area contributed by atoms with E-state index in [1.807, 2.05) is 31.2 Å². The zero-order valence-electron chi connectivity index (χ0n) is 26.2. The van der Waals surface area contributed by atoms with Gasteiger partial charge in [-0.05, 0) is 54.5 Å². The van der Waals surface area contributed by atoms with Gasteiger partial charge in [-0.2, -0.15) is 0 Å². The third-order valence-electron chi connectivity index (χ3n) is 7.86. The third kappa shape index (κ3) is 7.52. The molecular formula is C32H33F2N5O7S2. The van der Waals surface area contributed by atoms with E-state index in [2.05, 4.69) is 20.6 Å². The van der Waals surface area contributed by atoms with Gasteiger partial charge in [-0.3, -0.25) is 5.32 Å². The Morgan fingerprint density at radius 3 is 2.65 bits per heavy atom. The third-order valence-corrected chi connectivity index (χ3v) is 9.16. The Bertz CT molecular complexity index is 1760. The number of methoxy groups -OCH3 is 2. The summed E-state index contributed by atoms with van der Waals surface area (Å²) in [4.78, 5) is 17.7. The average Bonchev–Trinajstić information content (AvgIpc) is 3.52. The summed E-state index contributed by atoms with van der Waals surface area (Å²) in [6.45, 7) is 2.19. The predicted octanol–water partition coefficient (Wildman–Crippen LogP) is 6.02. The van der Waals surface area contributed by atoms with E-state index < -0.39 is 48.4 Å². The minimum Gasteiger partial charge on any atom is -0.448 e. The molecule has 2 aliphatic rings. The molecule has 0 bridgehead atoms. The SMILES string of the molecule is CCCSc1cc2c(nnn2[C@H]2CO[C@@H](C(OC)OC)[C@@H]2OC(=S)Oc2ccccc2)c(NC(=O)O[C@@H]2C[C@H]2c2ccc(F)c(F)c2)n1. The molecule has 1 aliphatic heterocycles. The molecule has 1 saturated carbocycles. The summed E-state index contributed by atoms with van der Waals surface area (Å²) in [5.74, 6) is -0.693. The second-order valence-electron chi connectivity index (χ2n) is 11.1. The number of amides is 1. The number of hydrogen-bond acceptors (Lipinski definition) is 12. The van der Waals surface area contributed by atoms with E-state index in [4.69, 9.17) is 40.6 Å². The van der Waals surface area contributed by atoms with Gasteiger partial charge in [0.05, 0.1) is 12.1 Å². The first kappa shape index (κ1) is 33.9. The maximum Gasteiger partial charge on any atom is 0.413 e. The van der Waals surface area contributed by atoms with Crippen LogP contribution in [0.1, 0.15) is 37.3 Å². The van der Waals surface area contributed by atoms with Crippen LogP contribution in [0.3, 0.4) is 0 Å². The van der Waals surface area contributed by atoms with Crippen molar-refractivity contribution in [3.8, 4) is 5.75 Å². The summed E-state index contributed by atoms with van der Waals surface area (Å²) in [6, 6.07) is 13.9. The van der Waals surface area contributed by atoms with E-state index in [-0.39, 0.29) is 23.6 Å². The van der Waals surface area contributed by atoms with Crippen LogP contribution in [-0.2, 0) is 23.7 Å². The zero-order chi connectivity index (χ0) is 33.8. The molecule has 0 spiro atoms. The van der Waals surface area contributed by atoms with E-state index in [0.29, 0.717) is 33.8 Å². The van der Waals surface area contributed by atoms with Crippen LogP contribution in [0.5, 0.6) is 5.75 Å². The summed E-state index contributed by atoms with van der Waals surface area (Å²) in [7, 11) is 2.99. The van der Waals surface area contributed by atoms with Gasteiger partial charge < -0.3 is 28.4 Å². The van der Waals surface area contributed by atoms with E-state index in [9.17, 15) is 13.6 Å². The monoisotopic (exact) mass is 701 g/mol. The molecule has 1 amide bonds. The molecule has 1 aliphatic carbocycles. The van der Waals surface area contributed by atoms with E-state index in [1.54, 1.807) is 16.8 Å². The van der Waals surface area contributed by atoms with Crippen LogP contribution in [0, 0.1) is 11.6 Å². The molecule has 254 valence electrons. The van der Waals surface area contributed by atoms with Crippen LogP contribution >= 0.6 is 24.0 Å². The van der Waals surface area contributed by atoms with Crippen LogP contribution < -0.4 is 10.1 Å². The highest BCUT2D eigenvalue weighted by Crippen LogP contribution is 2.44. The number of nitrogens with zero attached hydrogens (tertiary/aromatic N) is 4. The second kappa shape index (κ2) is 15.1. The average molecular weight is 702 g/mol. The molecule has 6 rings (SSSR count). The molecular weight excluding hydrogens is 669 g/mol. The van der Waals surface area contributed by atoms with Crippen LogP contribution in [0.15, 0.2) is 59.6 Å². The fourth-order valence-electron chi connectivity index (χ4n) is 5.48. The fraction of sp³-hybridized carbons (Fsp3) is 0.406. The highest BCUT2D eigenvalue weighted by atomic mass is 32.2. The summed E-state index contributed by atoms with van der Waals surface area (Å²) in [5.41, 5.74) is 1.41. The molecule has 2 aromatic heterocycles. The molecule has 3 heterocycles. The number of rotatable bonds is 12. The van der Waals surface area contributed by atoms with Gasteiger partial charge in [0.15, 0.2) is 35.4 Å². The van der Waals surface area contributed by atoms with E-state index >= 15 is 0 Å². The number of anilines is 1. The van der Waals surface area contributed by atoms with E-state index in [1.165, 1.54) is 32.0 Å². The maximum absolute atomic E-state index is 13.7. The molecule has 5 atom stereocenters. The quantitative estimate of drug-likeness (QED) is 0.105. The molecule has 2 fully saturated rings. The molecule has 16 heteroatoms. The number of aromatic nitrogens is 4. The summed E-state index contributed by atoms with van der Waals surface area (Å²) < 4.78 is 63.4. The van der Waals surface area contributed by atoms with Gasteiger partial charge in [-0.15, -0.1) is 16.9 Å². The number of benzene rings is 2. The number of halogens is 2.